The Kier molecular flexibility index (Phi) is 6.01. The van der Waals surface area contributed by atoms with Gasteiger partial charge in [-0.05, 0) is 36.1 Å². The summed E-state index contributed by atoms with van der Waals surface area (Å²) in [6.45, 7) is 7.90. The summed E-state index contributed by atoms with van der Waals surface area (Å²) in [7, 11) is 0. The molecule has 2 aromatic rings. The van der Waals surface area contributed by atoms with Crippen LogP contribution >= 0.6 is 0 Å². The Balaban J connectivity index is 1.98. The highest BCUT2D eigenvalue weighted by atomic mass is 14.9. The van der Waals surface area contributed by atoms with Crippen LogP contribution in [0.5, 0.6) is 0 Å². The molecule has 0 saturated carbocycles. The highest BCUT2D eigenvalue weighted by molar-refractivity contribution is 5.63. The fourth-order valence-electron chi connectivity index (χ4n) is 2.63. The maximum atomic E-state index is 3.66. The van der Waals surface area contributed by atoms with E-state index in [2.05, 4.69) is 80.7 Å². The van der Waals surface area contributed by atoms with Crippen molar-refractivity contribution < 1.29 is 0 Å². The molecule has 0 saturated heterocycles. The van der Waals surface area contributed by atoms with Crippen molar-refractivity contribution in [3.05, 3.63) is 60.2 Å². The molecule has 2 aromatic carbocycles. The summed E-state index contributed by atoms with van der Waals surface area (Å²) in [5, 5.41) is 3.66. The highest BCUT2D eigenvalue weighted by Crippen LogP contribution is 2.22. The molecule has 1 N–H and O–H groups in total. The van der Waals surface area contributed by atoms with Gasteiger partial charge in [-0.3, -0.25) is 0 Å². The van der Waals surface area contributed by atoms with E-state index in [1.807, 2.05) is 0 Å². The fourth-order valence-corrected chi connectivity index (χ4v) is 2.63. The smallest absolute Gasteiger partial charge is 0.0291 e. The fraction of sp³-hybridized carbons (Fsp3) is 0.400. The second-order valence-electron chi connectivity index (χ2n) is 5.80. The average molecular weight is 281 g/mol. The third kappa shape index (κ3) is 4.44. The normalized spacial score (nSPS) is 12.6. The van der Waals surface area contributed by atoms with Crippen molar-refractivity contribution in [3.8, 4) is 11.1 Å². The van der Waals surface area contributed by atoms with E-state index >= 15 is 0 Å². The van der Waals surface area contributed by atoms with Gasteiger partial charge in [-0.2, -0.15) is 0 Å². The van der Waals surface area contributed by atoms with Gasteiger partial charge >= 0.3 is 0 Å². The van der Waals surface area contributed by atoms with Gasteiger partial charge in [-0.15, -0.1) is 0 Å². The van der Waals surface area contributed by atoms with Crippen molar-refractivity contribution in [2.75, 3.05) is 6.54 Å². The molecule has 0 aliphatic rings. The van der Waals surface area contributed by atoms with E-state index in [1.54, 1.807) is 0 Å². The van der Waals surface area contributed by atoms with Gasteiger partial charge in [0.2, 0.25) is 0 Å². The lowest BCUT2D eigenvalue weighted by Crippen LogP contribution is -2.25. The molecule has 0 aliphatic heterocycles. The van der Waals surface area contributed by atoms with Crippen LogP contribution in [0.1, 0.15) is 45.2 Å². The first-order valence-electron chi connectivity index (χ1n) is 8.13. The van der Waals surface area contributed by atoms with Crippen LogP contribution in [0.4, 0.5) is 0 Å². The molecule has 0 fully saturated rings. The summed E-state index contributed by atoms with van der Waals surface area (Å²) < 4.78 is 0. The number of rotatable bonds is 7. The number of benzene rings is 2. The molecule has 1 heteroatoms. The van der Waals surface area contributed by atoms with Gasteiger partial charge in [0.15, 0.2) is 0 Å². The van der Waals surface area contributed by atoms with Crippen molar-refractivity contribution in [2.45, 2.75) is 39.7 Å². The Morgan fingerprint density at radius 2 is 1.38 bits per heavy atom. The molecule has 112 valence electrons. The quantitative estimate of drug-likeness (QED) is 0.712. The van der Waals surface area contributed by atoms with Crippen molar-refractivity contribution in [1.82, 2.24) is 5.32 Å². The number of hydrogen-bond acceptors (Lipinski definition) is 1. The molecule has 0 radical (unpaired) electrons. The van der Waals surface area contributed by atoms with Crippen molar-refractivity contribution in [1.29, 1.82) is 0 Å². The van der Waals surface area contributed by atoms with Gasteiger partial charge in [0.05, 0.1) is 0 Å². The van der Waals surface area contributed by atoms with E-state index < -0.39 is 0 Å². The first-order valence-corrected chi connectivity index (χ1v) is 8.13. The van der Waals surface area contributed by atoms with Crippen LogP contribution in [0, 0.1) is 5.92 Å². The predicted octanol–water partition coefficient (Wildman–Crippen LogP) is 5.44. The molecule has 1 unspecified atom stereocenters. The number of hydrogen-bond donors (Lipinski definition) is 1. The molecule has 2 rings (SSSR count). The molecular formula is C20H27N. The zero-order chi connectivity index (χ0) is 15.1. The summed E-state index contributed by atoms with van der Waals surface area (Å²) in [5.41, 5.74) is 3.92. The Morgan fingerprint density at radius 1 is 0.810 bits per heavy atom. The third-order valence-electron chi connectivity index (χ3n) is 4.39. The highest BCUT2D eigenvalue weighted by Gasteiger charge is 2.08. The lowest BCUT2D eigenvalue weighted by atomic mass is 10.00. The molecule has 1 atom stereocenters. The summed E-state index contributed by atoms with van der Waals surface area (Å²) in [6, 6.07) is 19.9. The lowest BCUT2D eigenvalue weighted by Gasteiger charge is -2.19. The van der Waals surface area contributed by atoms with Gasteiger partial charge in [0.25, 0.3) is 0 Å². The van der Waals surface area contributed by atoms with Gasteiger partial charge in [0.1, 0.15) is 0 Å². The molecule has 0 bridgehead atoms. The first kappa shape index (κ1) is 15.8. The van der Waals surface area contributed by atoms with E-state index in [1.165, 1.54) is 29.5 Å². The minimum absolute atomic E-state index is 0.412. The minimum atomic E-state index is 0.412. The molecule has 0 spiro atoms. The van der Waals surface area contributed by atoms with Crippen LogP contribution in [-0.4, -0.2) is 6.54 Å². The molecule has 21 heavy (non-hydrogen) atoms. The maximum absolute atomic E-state index is 3.66. The molecule has 0 amide bonds. The molecule has 0 heterocycles. The summed E-state index contributed by atoms with van der Waals surface area (Å²) >= 11 is 0. The van der Waals surface area contributed by atoms with E-state index in [-0.39, 0.29) is 0 Å². The van der Waals surface area contributed by atoms with Crippen LogP contribution in [0.2, 0.25) is 0 Å². The van der Waals surface area contributed by atoms with Crippen LogP contribution in [0.25, 0.3) is 11.1 Å². The van der Waals surface area contributed by atoms with Crippen LogP contribution < -0.4 is 5.32 Å². The summed E-state index contributed by atoms with van der Waals surface area (Å²) in [4.78, 5) is 0. The van der Waals surface area contributed by atoms with Crippen molar-refractivity contribution >= 4 is 0 Å². The lowest BCUT2D eigenvalue weighted by molar-refractivity contribution is 0.422. The minimum Gasteiger partial charge on any atom is -0.310 e. The molecule has 1 nitrogen and oxygen atoms in total. The van der Waals surface area contributed by atoms with E-state index in [0.29, 0.717) is 6.04 Å². The SMILES string of the molecule is CCC(CC)CNC(C)c1ccc(-c2ccccc2)cc1. The van der Waals surface area contributed by atoms with Crippen LogP contribution in [0.15, 0.2) is 54.6 Å². The summed E-state index contributed by atoms with van der Waals surface area (Å²) in [5.74, 6) is 0.788. The van der Waals surface area contributed by atoms with Gasteiger partial charge in [-0.1, -0.05) is 81.3 Å². The standard InChI is InChI=1S/C20H27N/c1-4-17(5-2)15-21-16(3)18-11-13-20(14-12-18)19-9-7-6-8-10-19/h6-14,16-17,21H,4-5,15H2,1-3H3. The predicted molar refractivity (Wildman–Crippen MR) is 92.4 cm³/mol. The topological polar surface area (TPSA) is 12.0 Å². The Hall–Kier alpha value is -1.60. The second-order valence-corrected chi connectivity index (χ2v) is 5.80. The van der Waals surface area contributed by atoms with E-state index in [0.717, 1.165) is 12.5 Å². The molecule has 0 aliphatic carbocycles. The average Bonchev–Trinajstić information content (AvgIpc) is 2.56. The van der Waals surface area contributed by atoms with E-state index in [4.69, 9.17) is 0 Å². The third-order valence-corrected chi connectivity index (χ3v) is 4.39. The zero-order valence-corrected chi connectivity index (χ0v) is 13.5. The monoisotopic (exact) mass is 281 g/mol. The van der Waals surface area contributed by atoms with Crippen molar-refractivity contribution in [2.24, 2.45) is 5.92 Å². The molecule has 0 aromatic heterocycles. The molecular weight excluding hydrogens is 254 g/mol. The largest absolute Gasteiger partial charge is 0.310 e. The first-order chi connectivity index (χ1) is 10.2. The van der Waals surface area contributed by atoms with Crippen molar-refractivity contribution in [3.63, 3.8) is 0 Å². The van der Waals surface area contributed by atoms with Crippen LogP contribution in [0.3, 0.4) is 0 Å². The van der Waals surface area contributed by atoms with E-state index in [9.17, 15) is 0 Å². The van der Waals surface area contributed by atoms with Crippen LogP contribution in [-0.2, 0) is 0 Å². The Bertz CT molecular complexity index is 511. The summed E-state index contributed by atoms with van der Waals surface area (Å²) in [6.07, 6.45) is 2.51. The second kappa shape index (κ2) is 7.99. The zero-order valence-electron chi connectivity index (χ0n) is 13.5. The van der Waals surface area contributed by atoms with Gasteiger partial charge in [0, 0.05) is 6.04 Å². The number of nitrogens with one attached hydrogen (secondary N) is 1. The van der Waals surface area contributed by atoms with Gasteiger partial charge in [-0.25, -0.2) is 0 Å². The maximum Gasteiger partial charge on any atom is 0.0291 e. The van der Waals surface area contributed by atoms with Gasteiger partial charge < -0.3 is 5.32 Å². The Morgan fingerprint density at radius 3 is 1.95 bits per heavy atom. The Labute approximate surface area is 129 Å².